The van der Waals surface area contributed by atoms with Crippen LogP contribution < -0.4 is 0 Å². The van der Waals surface area contributed by atoms with E-state index in [0.29, 0.717) is 0 Å². The van der Waals surface area contributed by atoms with Crippen LogP contribution in [0.15, 0.2) is 36.4 Å². The van der Waals surface area contributed by atoms with Crippen molar-refractivity contribution in [1.82, 2.24) is 0 Å². The summed E-state index contributed by atoms with van der Waals surface area (Å²) in [5.41, 5.74) is 0. The molecule has 0 unspecified atom stereocenters. The highest BCUT2D eigenvalue weighted by Gasteiger charge is 1.83. The normalized spacial score (nSPS) is 7.43. The summed E-state index contributed by atoms with van der Waals surface area (Å²) in [4.78, 5) is 10.0. The van der Waals surface area contributed by atoms with Crippen LogP contribution in [0.5, 0.6) is 0 Å². The van der Waals surface area contributed by atoms with Crippen molar-refractivity contribution in [2.24, 2.45) is 0 Å². The summed E-state index contributed by atoms with van der Waals surface area (Å²) in [5, 5.41) is 0. The zero-order valence-corrected chi connectivity index (χ0v) is 9.79. The van der Waals surface area contributed by atoms with Gasteiger partial charge in [-0.15, -0.1) is 0 Å². The molecule has 1 rings (SSSR count). The van der Waals surface area contributed by atoms with Gasteiger partial charge in [-0.1, -0.05) is 57.2 Å². The van der Waals surface area contributed by atoms with Crippen molar-refractivity contribution >= 4 is 5.78 Å². The van der Waals surface area contributed by atoms with Crippen molar-refractivity contribution < 1.29 is 4.79 Å². The molecular formula is C13H22O. The molecule has 0 aromatic heterocycles. The van der Waals surface area contributed by atoms with Crippen molar-refractivity contribution in [2.75, 3.05) is 0 Å². The molecule has 0 aliphatic rings. The number of benzene rings is 1. The predicted octanol–water partition coefficient (Wildman–Crippen LogP) is 4.09. The van der Waals surface area contributed by atoms with Crippen molar-refractivity contribution in [3.63, 3.8) is 0 Å². The Bertz CT molecular complexity index is 165. The van der Waals surface area contributed by atoms with E-state index in [2.05, 4.69) is 0 Å². The van der Waals surface area contributed by atoms with Crippen LogP contribution >= 0.6 is 0 Å². The lowest BCUT2D eigenvalue weighted by Gasteiger charge is -1.80. The first-order valence-electron chi connectivity index (χ1n) is 5.26. The van der Waals surface area contributed by atoms with Gasteiger partial charge in [0.2, 0.25) is 0 Å². The van der Waals surface area contributed by atoms with E-state index in [4.69, 9.17) is 0 Å². The van der Waals surface area contributed by atoms with Gasteiger partial charge in [0.05, 0.1) is 0 Å². The molecule has 0 amide bonds. The number of hydrogen-bond acceptors (Lipinski definition) is 1. The van der Waals surface area contributed by atoms with Crippen LogP contribution in [0.4, 0.5) is 0 Å². The van der Waals surface area contributed by atoms with Crippen molar-refractivity contribution in [1.29, 1.82) is 0 Å². The Balaban J connectivity index is 0. The predicted molar refractivity (Wildman–Crippen MR) is 63.4 cm³/mol. The maximum Gasteiger partial charge on any atom is 0.129 e. The van der Waals surface area contributed by atoms with Gasteiger partial charge >= 0.3 is 0 Å². The van der Waals surface area contributed by atoms with E-state index in [9.17, 15) is 4.79 Å². The fourth-order valence-corrected chi connectivity index (χ4v) is 0.737. The molecule has 0 saturated heterocycles. The van der Waals surface area contributed by atoms with Gasteiger partial charge in [0.15, 0.2) is 0 Å². The van der Waals surface area contributed by atoms with Gasteiger partial charge in [-0.3, -0.25) is 0 Å². The largest absolute Gasteiger partial charge is 0.300 e. The minimum Gasteiger partial charge on any atom is -0.300 e. The van der Waals surface area contributed by atoms with Gasteiger partial charge in [0, 0.05) is 6.42 Å². The van der Waals surface area contributed by atoms with E-state index in [1.54, 1.807) is 6.92 Å². The minimum atomic E-state index is 0.289. The maximum atomic E-state index is 10.0. The van der Waals surface area contributed by atoms with Crippen molar-refractivity contribution in [3.8, 4) is 0 Å². The third-order valence-corrected chi connectivity index (χ3v) is 1.27. The highest BCUT2D eigenvalue weighted by Crippen LogP contribution is 1.84. The molecule has 1 aromatic rings. The molecule has 0 aliphatic carbocycles. The average Bonchev–Trinajstić information content (AvgIpc) is 2.24. The molecule has 0 N–H and O–H groups in total. The fourth-order valence-electron chi connectivity index (χ4n) is 0.737. The highest BCUT2D eigenvalue weighted by molar-refractivity contribution is 5.75. The SMILES string of the molecule is CC.CCCC(C)=O.c1ccccc1. The van der Waals surface area contributed by atoms with Gasteiger partial charge in [-0.05, 0) is 13.3 Å². The van der Waals surface area contributed by atoms with E-state index < -0.39 is 0 Å². The quantitative estimate of drug-likeness (QED) is 0.693. The minimum absolute atomic E-state index is 0.289. The first kappa shape index (κ1) is 15.4. The second kappa shape index (κ2) is 14.4. The molecule has 0 bridgehead atoms. The number of hydrogen-bond donors (Lipinski definition) is 0. The lowest BCUT2D eigenvalue weighted by Crippen LogP contribution is -1.84. The number of Topliss-reactive ketones (excluding diaryl/α,β-unsaturated/α-hetero) is 1. The number of ketones is 1. The Kier molecular flexibility index (Phi) is 15.8. The molecule has 0 radical (unpaired) electrons. The lowest BCUT2D eigenvalue weighted by molar-refractivity contribution is -0.117. The molecule has 0 fully saturated rings. The van der Waals surface area contributed by atoms with Gasteiger partial charge in [-0.2, -0.15) is 0 Å². The number of rotatable bonds is 2. The Morgan fingerprint density at radius 3 is 1.29 bits per heavy atom. The molecule has 0 saturated carbocycles. The lowest BCUT2D eigenvalue weighted by atomic mass is 10.3. The van der Waals surface area contributed by atoms with E-state index in [1.165, 1.54) is 0 Å². The van der Waals surface area contributed by atoms with E-state index in [-0.39, 0.29) is 5.78 Å². The summed E-state index contributed by atoms with van der Waals surface area (Å²) >= 11 is 0. The van der Waals surface area contributed by atoms with E-state index in [0.717, 1.165) is 12.8 Å². The molecule has 0 heterocycles. The monoisotopic (exact) mass is 194 g/mol. The molecule has 14 heavy (non-hydrogen) atoms. The highest BCUT2D eigenvalue weighted by atomic mass is 16.1. The number of carbonyl (C=O) groups is 1. The van der Waals surface area contributed by atoms with Crippen LogP contribution in [0, 0.1) is 0 Å². The van der Waals surface area contributed by atoms with Crippen LogP contribution in [0.1, 0.15) is 40.5 Å². The third-order valence-electron chi connectivity index (χ3n) is 1.27. The summed E-state index contributed by atoms with van der Waals surface area (Å²) in [6.45, 7) is 7.62. The van der Waals surface area contributed by atoms with Crippen molar-refractivity contribution in [2.45, 2.75) is 40.5 Å². The van der Waals surface area contributed by atoms with Gasteiger partial charge in [0.25, 0.3) is 0 Å². The molecule has 0 aliphatic heterocycles. The van der Waals surface area contributed by atoms with Crippen LogP contribution in [0.3, 0.4) is 0 Å². The smallest absolute Gasteiger partial charge is 0.129 e. The first-order chi connectivity index (χ1) is 6.77. The standard InChI is InChI=1S/C6H6.C5H10O.C2H6/c1-2-4-6-5-3-1;1-3-4-5(2)6;1-2/h1-6H;3-4H2,1-2H3;1-2H3. The summed E-state index contributed by atoms with van der Waals surface area (Å²) in [6.07, 6.45) is 1.72. The Hall–Kier alpha value is -1.11. The summed E-state index contributed by atoms with van der Waals surface area (Å²) < 4.78 is 0. The number of carbonyl (C=O) groups excluding carboxylic acids is 1. The second-order valence-corrected chi connectivity index (χ2v) is 2.61. The van der Waals surface area contributed by atoms with Crippen molar-refractivity contribution in [3.05, 3.63) is 36.4 Å². The molecule has 1 aromatic carbocycles. The van der Waals surface area contributed by atoms with Crippen LogP contribution in [0.25, 0.3) is 0 Å². The molecule has 1 heteroatoms. The van der Waals surface area contributed by atoms with E-state index >= 15 is 0 Å². The Morgan fingerprint density at radius 2 is 1.21 bits per heavy atom. The topological polar surface area (TPSA) is 17.1 Å². The van der Waals surface area contributed by atoms with Crippen LogP contribution in [0.2, 0.25) is 0 Å². The molecule has 1 nitrogen and oxygen atoms in total. The summed E-state index contributed by atoms with van der Waals surface area (Å²) in [6, 6.07) is 12.0. The van der Waals surface area contributed by atoms with Crippen LogP contribution in [-0.2, 0) is 4.79 Å². The molecule has 80 valence electrons. The fraction of sp³-hybridized carbons (Fsp3) is 0.462. The third kappa shape index (κ3) is 17.1. The summed E-state index contributed by atoms with van der Waals surface area (Å²) in [7, 11) is 0. The van der Waals surface area contributed by atoms with Gasteiger partial charge in [0.1, 0.15) is 5.78 Å². The maximum absolute atomic E-state index is 10.0. The van der Waals surface area contributed by atoms with Gasteiger partial charge < -0.3 is 4.79 Å². The average molecular weight is 194 g/mol. The summed E-state index contributed by atoms with van der Waals surface area (Å²) in [5.74, 6) is 0.289. The molecule has 0 atom stereocenters. The first-order valence-corrected chi connectivity index (χ1v) is 5.26. The zero-order valence-electron chi connectivity index (χ0n) is 9.79. The Labute approximate surface area is 88.2 Å². The van der Waals surface area contributed by atoms with Crippen LogP contribution in [-0.4, -0.2) is 5.78 Å². The zero-order chi connectivity index (χ0) is 11.2. The van der Waals surface area contributed by atoms with Gasteiger partial charge in [-0.25, -0.2) is 0 Å². The molecular weight excluding hydrogens is 172 g/mol. The molecule has 0 spiro atoms. The Morgan fingerprint density at radius 1 is 0.929 bits per heavy atom. The van der Waals surface area contributed by atoms with E-state index in [1.807, 2.05) is 57.2 Å². The second-order valence-electron chi connectivity index (χ2n) is 2.61.